The third kappa shape index (κ3) is 5.14. The van der Waals surface area contributed by atoms with Gasteiger partial charge in [0.15, 0.2) is 0 Å². The predicted octanol–water partition coefficient (Wildman–Crippen LogP) is 1.84. The van der Waals surface area contributed by atoms with Gasteiger partial charge in [0.2, 0.25) is 6.73 Å². The number of hydrogen-bond acceptors (Lipinski definition) is 2. The second-order valence-electron chi connectivity index (χ2n) is 4.74. The molecule has 0 atom stereocenters. The van der Waals surface area contributed by atoms with Gasteiger partial charge in [0.25, 0.3) is 0 Å². The topological polar surface area (TPSA) is 35.2 Å². The van der Waals surface area contributed by atoms with Crippen molar-refractivity contribution in [2.75, 3.05) is 33.9 Å². The van der Waals surface area contributed by atoms with Gasteiger partial charge in [-0.1, -0.05) is 18.2 Å². The number of rotatable bonds is 7. The number of quaternary nitrogens is 1. The molecule has 0 bridgehead atoms. The van der Waals surface area contributed by atoms with Crippen molar-refractivity contribution >= 4 is 0 Å². The van der Waals surface area contributed by atoms with Gasteiger partial charge in [0, 0.05) is 0 Å². The summed E-state index contributed by atoms with van der Waals surface area (Å²) in [4.78, 5) is 0. The number of benzene rings is 1. The summed E-state index contributed by atoms with van der Waals surface area (Å²) < 4.78 is 6.61. The van der Waals surface area contributed by atoms with E-state index < -0.39 is 0 Å². The van der Waals surface area contributed by atoms with E-state index in [1.165, 1.54) is 0 Å². The summed E-state index contributed by atoms with van der Waals surface area (Å²) >= 11 is 0. The summed E-state index contributed by atoms with van der Waals surface area (Å²) in [5.41, 5.74) is 5.48. The molecule has 3 nitrogen and oxygen atoms in total. The molecule has 0 aliphatic heterocycles. The molecule has 0 radical (unpaired) electrons. The predicted molar refractivity (Wildman–Crippen MR) is 67.2 cm³/mol. The first-order valence-corrected chi connectivity index (χ1v) is 5.84. The van der Waals surface area contributed by atoms with Crippen LogP contribution >= 0.6 is 0 Å². The van der Waals surface area contributed by atoms with E-state index in [0.29, 0.717) is 6.73 Å². The van der Waals surface area contributed by atoms with E-state index in [1.807, 2.05) is 30.3 Å². The Morgan fingerprint density at radius 3 is 2.44 bits per heavy atom. The molecule has 0 spiro atoms. The van der Waals surface area contributed by atoms with Crippen LogP contribution in [0, 0.1) is 0 Å². The zero-order chi connectivity index (χ0) is 11.9. The average molecular weight is 223 g/mol. The van der Waals surface area contributed by atoms with Crippen LogP contribution in [0.5, 0.6) is 5.75 Å². The number of ether oxygens (including phenoxy) is 1. The molecule has 0 unspecified atom stereocenters. The smallest absolute Gasteiger partial charge is 0.223 e. The van der Waals surface area contributed by atoms with Crippen LogP contribution in [0.1, 0.15) is 12.8 Å². The van der Waals surface area contributed by atoms with E-state index in [0.717, 1.165) is 36.2 Å². The molecule has 0 fully saturated rings. The van der Waals surface area contributed by atoms with Crippen LogP contribution in [0.4, 0.5) is 0 Å². The average Bonchev–Trinajstić information content (AvgIpc) is 2.28. The van der Waals surface area contributed by atoms with Gasteiger partial charge in [-0.05, 0) is 31.5 Å². The van der Waals surface area contributed by atoms with E-state index in [1.54, 1.807) is 0 Å². The van der Waals surface area contributed by atoms with Crippen molar-refractivity contribution < 1.29 is 9.22 Å². The van der Waals surface area contributed by atoms with Crippen molar-refractivity contribution in [2.24, 2.45) is 5.73 Å². The standard InChI is InChI=1S/C13H23N2O/c1-15(2,11-7-6-10-14)12-16-13-8-4-3-5-9-13/h3-5,8-9H,6-7,10-12,14H2,1-2H3/q+1. The molecule has 2 N–H and O–H groups in total. The van der Waals surface area contributed by atoms with Crippen molar-refractivity contribution in [3.63, 3.8) is 0 Å². The van der Waals surface area contributed by atoms with Crippen LogP contribution in [0.3, 0.4) is 0 Å². The SMILES string of the molecule is C[N+](C)(CCCCN)COc1ccccc1. The Balaban J connectivity index is 2.30. The molecule has 3 heteroatoms. The van der Waals surface area contributed by atoms with E-state index in [4.69, 9.17) is 10.5 Å². The van der Waals surface area contributed by atoms with Crippen molar-refractivity contribution in [3.05, 3.63) is 30.3 Å². The lowest BCUT2D eigenvalue weighted by Crippen LogP contribution is -2.43. The van der Waals surface area contributed by atoms with E-state index >= 15 is 0 Å². The highest BCUT2D eigenvalue weighted by atomic mass is 16.5. The minimum absolute atomic E-state index is 0.703. The minimum atomic E-state index is 0.703. The molecule has 0 saturated heterocycles. The molecule has 0 aliphatic rings. The summed E-state index contributed by atoms with van der Waals surface area (Å²) in [6, 6.07) is 9.95. The lowest BCUT2D eigenvalue weighted by molar-refractivity contribution is -0.905. The summed E-state index contributed by atoms with van der Waals surface area (Å²) in [7, 11) is 4.36. The van der Waals surface area contributed by atoms with E-state index in [9.17, 15) is 0 Å². The molecule has 0 aliphatic carbocycles. The van der Waals surface area contributed by atoms with Gasteiger partial charge in [-0.15, -0.1) is 0 Å². The normalized spacial score (nSPS) is 11.4. The number of nitrogens with zero attached hydrogens (tertiary/aromatic N) is 1. The van der Waals surface area contributed by atoms with Gasteiger partial charge in [0.1, 0.15) is 5.75 Å². The van der Waals surface area contributed by atoms with Gasteiger partial charge in [-0.3, -0.25) is 4.48 Å². The van der Waals surface area contributed by atoms with Gasteiger partial charge in [-0.2, -0.15) is 0 Å². The quantitative estimate of drug-likeness (QED) is 0.435. The summed E-state index contributed by atoms with van der Waals surface area (Å²) in [5.74, 6) is 0.938. The van der Waals surface area contributed by atoms with Crippen LogP contribution in [-0.4, -0.2) is 38.4 Å². The zero-order valence-corrected chi connectivity index (χ0v) is 10.4. The lowest BCUT2D eigenvalue weighted by atomic mass is 10.3. The molecule has 1 rings (SSSR count). The third-order valence-corrected chi connectivity index (χ3v) is 2.54. The first-order chi connectivity index (χ1) is 7.64. The molecule has 90 valence electrons. The first kappa shape index (κ1) is 13.0. The van der Waals surface area contributed by atoms with Crippen LogP contribution in [0.15, 0.2) is 30.3 Å². The van der Waals surface area contributed by atoms with E-state index in [-0.39, 0.29) is 0 Å². The number of unbranched alkanes of at least 4 members (excludes halogenated alkanes) is 1. The van der Waals surface area contributed by atoms with Gasteiger partial charge in [-0.25, -0.2) is 0 Å². The van der Waals surface area contributed by atoms with Crippen LogP contribution in [-0.2, 0) is 0 Å². The highest BCUT2D eigenvalue weighted by molar-refractivity contribution is 5.20. The largest absolute Gasteiger partial charge is 0.445 e. The zero-order valence-electron chi connectivity index (χ0n) is 10.4. The Bertz CT molecular complexity index is 285. The fourth-order valence-electron chi connectivity index (χ4n) is 1.51. The molecule has 1 aromatic rings. The molecule has 0 amide bonds. The van der Waals surface area contributed by atoms with Crippen LogP contribution < -0.4 is 10.5 Å². The summed E-state index contributed by atoms with van der Waals surface area (Å²) in [6.45, 7) is 2.58. The summed E-state index contributed by atoms with van der Waals surface area (Å²) in [6.07, 6.45) is 2.24. The minimum Gasteiger partial charge on any atom is -0.445 e. The fraction of sp³-hybridized carbons (Fsp3) is 0.538. The van der Waals surface area contributed by atoms with Crippen molar-refractivity contribution in [3.8, 4) is 5.75 Å². The lowest BCUT2D eigenvalue weighted by Gasteiger charge is -2.29. The Morgan fingerprint density at radius 2 is 1.81 bits per heavy atom. The second kappa shape index (κ2) is 6.51. The van der Waals surface area contributed by atoms with Crippen molar-refractivity contribution in [2.45, 2.75) is 12.8 Å². The first-order valence-electron chi connectivity index (χ1n) is 5.84. The fourth-order valence-corrected chi connectivity index (χ4v) is 1.51. The van der Waals surface area contributed by atoms with Gasteiger partial charge in [0.05, 0.1) is 20.6 Å². The van der Waals surface area contributed by atoms with Crippen molar-refractivity contribution in [1.29, 1.82) is 0 Å². The molecule has 1 aromatic carbocycles. The Morgan fingerprint density at radius 1 is 1.12 bits per heavy atom. The van der Waals surface area contributed by atoms with Gasteiger partial charge >= 0.3 is 0 Å². The Kier molecular flexibility index (Phi) is 5.29. The second-order valence-corrected chi connectivity index (χ2v) is 4.74. The van der Waals surface area contributed by atoms with E-state index in [2.05, 4.69) is 14.1 Å². The maximum absolute atomic E-state index is 5.74. The molecule has 0 saturated carbocycles. The monoisotopic (exact) mass is 223 g/mol. The number of para-hydroxylation sites is 1. The highest BCUT2D eigenvalue weighted by Crippen LogP contribution is 2.10. The summed E-state index contributed by atoms with van der Waals surface area (Å²) in [5, 5.41) is 0. The maximum Gasteiger partial charge on any atom is 0.223 e. The molecule has 0 aromatic heterocycles. The molecule has 0 heterocycles. The van der Waals surface area contributed by atoms with Crippen LogP contribution in [0.2, 0.25) is 0 Å². The molecule has 16 heavy (non-hydrogen) atoms. The highest BCUT2D eigenvalue weighted by Gasteiger charge is 2.14. The Labute approximate surface area is 98.4 Å². The van der Waals surface area contributed by atoms with Crippen LogP contribution in [0.25, 0.3) is 0 Å². The number of hydrogen-bond donors (Lipinski definition) is 1. The van der Waals surface area contributed by atoms with Gasteiger partial charge < -0.3 is 10.5 Å². The Hall–Kier alpha value is -1.06. The molecular formula is C13H23N2O+. The number of nitrogens with two attached hydrogens (primary N) is 1. The maximum atomic E-state index is 5.74. The van der Waals surface area contributed by atoms with Crippen molar-refractivity contribution in [1.82, 2.24) is 0 Å². The third-order valence-electron chi connectivity index (χ3n) is 2.54. The molecular weight excluding hydrogens is 200 g/mol.